The van der Waals surface area contributed by atoms with Gasteiger partial charge in [0.25, 0.3) is 0 Å². The number of benzene rings is 4. The van der Waals surface area contributed by atoms with E-state index in [1.54, 1.807) is 0 Å². The van der Waals surface area contributed by atoms with Gasteiger partial charge in [-0.3, -0.25) is 4.98 Å². The summed E-state index contributed by atoms with van der Waals surface area (Å²) in [7, 11) is 0. The molecule has 0 fully saturated rings. The number of para-hydroxylation sites is 3. The van der Waals surface area contributed by atoms with Crippen molar-refractivity contribution in [3.63, 3.8) is 0 Å². The number of furan rings is 1. The number of pyridine rings is 2. The maximum atomic E-state index is 8.70. The SMILES string of the molecule is Cc1ccc2c(n1)oc1c(-c3nc4ccccc4n3-c3ccccc3C(C)(C)C)[c-]ccc12.[2H]C([2H])(c1cc(-c2[c-]ccc(C(C)(C)C)c2)nc[c]1[Ge]([CH3])([CH3])[CH3])C(C)C.[Ir]. The van der Waals surface area contributed by atoms with E-state index in [-0.39, 0.29) is 36.9 Å². The number of hydrogen-bond acceptors (Lipinski definition) is 4. The molecular formula is C51H56GeIrN4O-2. The zero-order valence-electron chi connectivity index (χ0n) is 37.9. The largest absolute Gasteiger partial charge is 0 e. The van der Waals surface area contributed by atoms with Crippen molar-refractivity contribution in [3.05, 3.63) is 138 Å². The van der Waals surface area contributed by atoms with Crippen LogP contribution in [0.25, 0.3) is 61.4 Å². The molecule has 4 aromatic carbocycles. The Labute approximate surface area is 364 Å². The molecule has 8 rings (SSSR count). The molecule has 0 aliphatic rings. The Bertz CT molecular complexity index is 2820. The minimum absolute atomic E-state index is 0. The number of rotatable bonds is 6. The molecule has 1 radical (unpaired) electrons. The summed E-state index contributed by atoms with van der Waals surface area (Å²) in [5.74, 6) is 7.61. The molecule has 0 aliphatic heterocycles. The van der Waals surface area contributed by atoms with Crippen LogP contribution in [0.2, 0.25) is 17.3 Å². The van der Waals surface area contributed by atoms with Crippen molar-refractivity contribution in [1.29, 1.82) is 0 Å². The van der Waals surface area contributed by atoms with Crippen LogP contribution in [0.3, 0.4) is 0 Å². The van der Waals surface area contributed by atoms with E-state index in [1.807, 2.05) is 63.4 Å². The summed E-state index contributed by atoms with van der Waals surface area (Å²) in [5, 5.41) is 2.03. The van der Waals surface area contributed by atoms with Crippen LogP contribution in [-0.2, 0) is 37.3 Å². The molecule has 7 heteroatoms. The normalized spacial score (nSPS) is 13.0. The number of aryl methyl sites for hydroxylation is 1. The minimum atomic E-state index is -2.25. The van der Waals surface area contributed by atoms with Crippen molar-refractivity contribution in [2.75, 3.05) is 0 Å². The number of imidazole rings is 1. The van der Waals surface area contributed by atoms with Gasteiger partial charge in [0.1, 0.15) is 0 Å². The number of hydrogen-bond donors (Lipinski definition) is 0. The van der Waals surface area contributed by atoms with Crippen LogP contribution in [0.4, 0.5) is 0 Å². The molecule has 301 valence electrons. The summed E-state index contributed by atoms with van der Waals surface area (Å²) in [5.41, 5.74) is 11.4. The first-order chi connectivity index (χ1) is 27.7. The van der Waals surface area contributed by atoms with Crippen LogP contribution in [0.5, 0.6) is 0 Å². The van der Waals surface area contributed by atoms with Crippen LogP contribution >= 0.6 is 0 Å². The van der Waals surface area contributed by atoms with Crippen LogP contribution < -0.4 is 4.40 Å². The Kier molecular flexibility index (Phi) is 11.7. The monoisotopic (exact) mass is 1010 g/mol. The van der Waals surface area contributed by atoms with Gasteiger partial charge in [-0.2, -0.15) is 0 Å². The summed E-state index contributed by atoms with van der Waals surface area (Å²) >= 11 is -2.25. The van der Waals surface area contributed by atoms with E-state index in [0.29, 0.717) is 5.71 Å². The van der Waals surface area contributed by atoms with Crippen LogP contribution in [0, 0.1) is 25.0 Å². The van der Waals surface area contributed by atoms with Crippen molar-refractivity contribution in [3.8, 4) is 28.3 Å². The molecule has 58 heavy (non-hydrogen) atoms. The fourth-order valence-corrected chi connectivity index (χ4v) is 10.3. The summed E-state index contributed by atoms with van der Waals surface area (Å²) in [6.45, 7) is 19.2. The number of aromatic nitrogens is 4. The summed E-state index contributed by atoms with van der Waals surface area (Å²) < 4.78 is 27.1. The molecule has 0 atom stereocenters. The molecule has 0 aliphatic carbocycles. The average molecular weight is 1010 g/mol. The summed E-state index contributed by atoms with van der Waals surface area (Å²) in [6.07, 6.45) is 0.565. The van der Waals surface area contributed by atoms with Gasteiger partial charge in [-0.1, -0.05) is 62.1 Å². The Balaban J connectivity index is 0.000000204. The minimum Gasteiger partial charge on any atom is 0 e. The molecular weight excluding hydrogens is 949 g/mol. The van der Waals surface area contributed by atoms with Gasteiger partial charge in [0.15, 0.2) is 0 Å². The maximum Gasteiger partial charge on any atom is 0 e. The summed E-state index contributed by atoms with van der Waals surface area (Å²) in [6, 6.07) is 39.8. The van der Waals surface area contributed by atoms with Crippen molar-refractivity contribution in [2.45, 2.75) is 96.8 Å². The van der Waals surface area contributed by atoms with Crippen LogP contribution in [0.1, 0.15) is 80.5 Å². The first-order valence-electron chi connectivity index (χ1n) is 21.0. The maximum absolute atomic E-state index is 8.70. The average Bonchev–Trinajstić information content (AvgIpc) is 3.75. The molecule has 8 aromatic rings. The Morgan fingerprint density at radius 1 is 0.810 bits per heavy atom. The van der Waals surface area contributed by atoms with E-state index in [1.165, 1.54) is 11.1 Å². The van der Waals surface area contributed by atoms with E-state index in [4.69, 9.17) is 17.1 Å². The van der Waals surface area contributed by atoms with E-state index < -0.39 is 19.6 Å². The fraction of sp³-hybridized carbons (Fsp3) is 0.314. The second-order valence-electron chi connectivity index (χ2n) is 18.4. The number of fused-ring (bicyclic) bond motifs is 4. The smallest absolute Gasteiger partial charge is 0 e. The Morgan fingerprint density at radius 3 is 2.22 bits per heavy atom. The van der Waals surface area contributed by atoms with Crippen molar-refractivity contribution < 1.29 is 27.3 Å². The molecule has 5 nitrogen and oxygen atoms in total. The Hall–Kier alpha value is -4.36. The van der Waals surface area contributed by atoms with Crippen molar-refractivity contribution >= 4 is 50.8 Å². The Morgan fingerprint density at radius 2 is 1.52 bits per heavy atom. The molecule has 0 saturated heterocycles. The van der Waals surface area contributed by atoms with Crippen molar-refractivity contribution in [2.24, 2.45) is 5.92 Å². The number of nitrogens with zero attached hydrogens (tertiary/aromatic N) is 4. The molecule has 0 unspecified atom stereocenters. The fourth-order valence-electron chi connectivity index (χ4n) is 7.33. The van der Waals surface area contributed by atoms with Gasteiger partial charge in [0.2, 0.25) is 5.71 Å². The van der Waals surface area contributed by atoms with E-state index >= 15 is 0 Å². The van der Waals surface area contributed by atoms with Gasteiger partial charge >= 0.3 is 154 Å². The quantitative estimate of drug-likeness (QED) is 0.123. The molecule has 0 saturated carbocycles. The molecule has 4 aromatic heterocycles. The second kappa shape index (κ2) is 16.7. The van der Waals surface area contributed by atoms with E-state index in [0.717, 1.165) is 71.4 Å². The third kappa shape index (κ3) is 8.95. The van der Waals surface area contributed by atoms with Gasteiger partial charge in [-0.25, -0.2) is 4.98 Å². The van der Waals surface area contributed by atoms with Gasteiger partial charge in [0, 0.05) is 36.9 Å². The predicted octanol–water partition coefficient (Wildman–Crippen LogP) is 13.0. The van der Waals surface area contributed by atoms with Gasteiger partial charge < -0.3 is 8.98 Å². The third-order valence-electron chi connectivity index (χ3n) is 10.3. The zero-order chi connectivity index (χ0) is 42.7. The van der Waals surface area contributed by atoms with Gasteiger partial charge in [0.05, 0.1) is 22.4 Å². The van der Waals surface area contributed by atoms with E-state index in [9.17, 15) is 0 Å². The molecule has 0 N–H and O–H groups in total. The molecule has 0 spiro atoms. The predicted molar refractivity (Wildman–Crippen MR) is 243 cm³/mol. The summed E-state index contributed by atoms with van der Waals surface area (Å²) in [4.78, 5) is 14.4. The first kappa shape index (κ1) is 40.4. The second-order valence-corrected chi connectivity index (χ2v) is 29.0. The molecule has 4 heterocycles. The first-order valence-corrected chi connectivity index (χ1v) is 27.3. The van der Waals surface area contributed by atoms with Crippen LogP contribution in [0.15, 0.2) is 108 Å². The van der Waals surface area contributed by atoms with Gasteiger partial charge in [-0.05, 0) is 48.2 Å². The van der Waals surface area contributed by atoms with Crippen molar-refractivity contribution in [1.82, 2.24) is 19.5 Å². The van der Waals surface area contributed by atoms with Crippen LogP contribution in [-0.4, -0.2) is 32.8 Å². The van der Waals surface area contributed by atoms with Gasteiger partial charge in [-0.15, -0.1) is 18.2 Å². The standard InChI is InChI=1S/C29H24N3O.C22H32GeN.Ir/c1-18-16-17-20-19-10-9-11-21(26(19)33-28(20)30-18)27-31-23-13-6-8-15-25(23)32(27)24-14-7-5-12-22(24)29(2,3)4;1-16(2)12-18-14-21(24-15-20(18)23(6,7)8)17-10-9-11-19(13-17)22(3,4)5;/h5-10,12-17H,1-4H3;9,11,13-16H,12H2,1-8H3;/q2*-1;/i;12D2;. The topological polar surface area (TPSA) is 56.7 Å². The third-order valence-corrected chi connectivity index (χ3v) is 14.5. The zero-order valence-corrected chi connectivity index (χ0v) is 40.4. The van der Waals surface area contributed by atoms with E-state index in [2.05, 4.69) is 141 Å². The molecule has 0 amide bonds. The molecule has 0 bridgehead atoms.